The van der Waals surface area contributed by atoms with Crippen molar-refractivity contribution < 1.29 is 0 Å². The molecule has 6 rings (SSSR count). The van der Waals surface area contributed by atoms with Crippen LogP contribution in [0, 0.1) is 13.8 Å². The van der Waals surface area contributed by atoms with E-state index in [9.17, 15) is 0 Å². The van der Waals surface area contributed by atoms with Gasteiger partial charge in [0.2, 0.25) is 10.6 Å². The van der Waals surface area contributed by atoms with E-state index in [2.05, 4.69) is 99.2 Å². The zero-order chi connectivity index (χ0) is 33.9. The topological polar surface area (TPSA) is 87.2 Å². The maximum absolute atomic E-state index is 5.99. The average molecular weight is 726 g/mol. The van der Waals surface area contributed by atoms with Gasteiger partial charge in [-0.1, -0.05) is 85.1 Å². The summed E-state index contributed by atoms with van der Waals surface area (Å²) in [7, 11) is 4.00. The number of halogens is 3. The average Bonchev–Trinajstić information content (AvgIpc) is 3.66. The highest BCUT2D eigenvalue weighted by Gasteiger charge is 2.16. The summed E-state index contributed by atoms with van der Waals surface area (Å²) in [5, 5.41) is 0.854. The van der Waals surface area contributed by atoms with Crippen LogP contribution in [0.5, 0.6) is 0 Å². The summed E-state index contributed by atoms with van der Waals surface area (Å²) in [5.41, 5.74) is 7.83. The third-order valence-electron chi connectivity index (χ3n) is 6.72. The maximum Gasteiger partial charge on any atom is 0.223 e. The Morgan fingerprint density at radius 3 is 1.70 bits per heavy atom. The molecule has 0 saturated heterocycles. The molecule has 244 valence electrons. The Kier molecular flexibility index (Phi) is 13.7. The molecule has 0 bridgehead atoms. The molecule has 0 aliphatic heterocycles. The standard InChI is InChI=1S/C17H17ClN4S.C11H12N2.C6H6Cl2N2S/c1-4-23-14-10-20-17(18)21-15(14)16-19-9-13(22(16)3)12-7-5-11(2)6-8-12;1-9-3-5-10(6-4-9)11-7-12-8-13(11)2;1-2-11-4-3-9-6(8)10-5(4)7/h5-10H,4H2,1-3H3;3-8H,1-2H3;3H,2H2,1H3. The lowest BCUT2D eigenvalue weighted by Gasteiger charge is -2.09. The van der Waals surface area contributed by atoms with Crippen LogP contribution in [0.25, 0.3) is 34.0 Å². The third-order valence-corrected chi connectivity index (χ3v) is 9.28. The monoisotopic (exact) mass is 724 g/mol. The maximum atomic E-state index is 5.99. The second kappa shape index (κ2) is 17.7. The summed E-state index contributed by atoms with van der Waals surface area (Å²) in [6.07, 6.45) is 8.96. The van der Waals surface area contributed by atoms with Gasteiger partial charge in [0, 0.05) is 26.5 Å². The first-order valence-corrected chi connectivity index (χ1v) is 17.8. The van der Waals surface area contributed by atoms with Crippen molar-refractivity contribution >= 4 is 58.3 Å². The first-order valence-electron chi connectivity index (χ1n) is 14.7. The van der Waals surface area contributed by atoms with Crippen molar-refractivity contribution in [3.63, 3.8) is 0 Å². The minimum absolute atomic E-state index is 0.190. The number of hydrogen-bond donors (Lipinski definition) is 0. The Balaban J connectivity index is 0.000000176. The molecule has 0 saturated carbocycles. The molecule has 6 aromatic rings. The highest BCUT2D eigenvalue weighted by atomic mass is 35.5. The predicted octanol–water partition coefficient (Wildman–Crippen LogP) is 9.91. The van der Waals surface area contributed by atoms with Gasteiger partial charge in [0.05, 0.1) is 39.9 Å². The van der Waals surface area contributed by atoms with Gasteiger partial charge in [-0.3, -0.25) is 0 Å². The van der Waals surface area contributed by atoms with Crippen LogP contribution in [0.1, 0.15) is 25.0 Å². The lowest BCUT2D eigenvalue weighted by atomic mass is 10.1. The van der Waals surface area contributed by atoms with E-state index in [-0.39, 0.29) is 10.6 Å². The Morgan fingerprint density at radius 2 is 1.17 bits per heavy atom. The van der Waals surface area contributed by atoms with Crippen molar-refractivity contribution in [1.29, 1.82) is 0 Å². The van der Waals surface area contributed by atoms with E-state index < -0.39 is 0 Å². The molecule has 47 heavy (non-hydrogen) atoms. The molecule has 0 aliphatic rings. The second-order valence-corrected chi connectivity index (χ2v) is 13.8. The van der Waals surface area contributed by atoms with E-state index in [0.29, 0.717) is 5.15 Å². The molecule has 0 amide bonds. The molecule has 2 aromatic carbocycles. The van der Waals surface area contributed by atoms with Crippen LogP contribution in [0.2, 0.25) is 15.7 Å². The third kappa shape index (κ3) is 10.0. The van der Waals surface area contributed by atoms with Crippen molar-refractivity contribution in [3.05, 3.63) is 106 Å². The van der Waals surface area contributed by atoms with E-state index in [4.69, 9.17) is 34.8 Å². The summed E-state index contributed by atoms with van der Waals surface area (Å²) in [5.74, 6) is 2.68. The number of imidazole rings is 2. The zero-order valence-electron chi connectivity index (χ0n) is 26.9. The van der Waals surface area contributed by atoms with Gasteiger partial charge in [0.25, 0.3) is 0 Å². The van der Waals surface area contributed by atoms with Gasteiger partial charge >= 0.3 is 0 Å². The molecule has 0 unspecified atom stereocenters. The van der Waals surface area contributed by atoms with Crippen molar-refractivity contribution in [1.82, 2.24) is 39.0 Å². The highest BCUT2D eigenvalue weighted by Crippen LogP contribution is 2.32. The van der Waals surface area contributed by atoms with Crippen LogP contribution < -0.4 is 0 Å². The predicted molar refractivity (Wildman–Crippen MR) is 198 cm³/mol. The fourth-order valence-corrected chi connectivity index (χ4v) is 6.25. The van der Waals surface area contributed by atoms with E-state index in [0.717, 1.165) is 49.8 Å². The van der Waals surface area contributed by atoms with E-state index in [1.807, 2.05) is 48.9 Å². The Bertz CT molecular complexity index is 1890. The normalized spacial score (nSPS) is 10.6. The molecule has 0 atom stereocenters. The Morgan fingerprint density at radius 1 is 0.638 bits per heavy atom. The Labute approximate surface area is 299 Å². The van der Waals surface area contributed by atoms with Crippen LogP contribution in [-0.2, 0) is 14.1 Å². The van der Waals surface area contributed by atoms with Crippen molar-refractivity contribution in [3.8, 4) is 34.0 Å². The number of rotatable bonds is 7. The molecule has 0 radical (unpaired) electrons. The molecular weight excluding hydrogens is 691 g/mol. The van der Waals surface area contributed by atoms with Crippen LogP contribution >= 0.6 is 58.3 Å². The lowest BCUT2D eigenvalue weighted by Crippen LogP contribution is -2.00. The molecule has 0 N–H and O–H groups in total. The first-order chi connectivity index (χ1) is 22.6. The number of nitrogens with zero attached hydrogens (tertiary/aromatic N) is 8. The van der Waals surface area contributed by atoms with Crippen LogP contribution in [0.4, 0.5) is 0 Å². The van der Waals surface area contributed by atoms with Gasteiger partial charge < -0.3 is 9.13 Å². The van der Waals surface area contributed by atoms with Gasteiger partial charge in [0.15, 0.2) is 5.82 Å². The van der Waals surface area contributed by atoms with Gasteiger partial charge in [-0.25, -0.2) is 29.9 Å². The summed E-state index contributed by atoms with van der Waals surface area (Å²) in [4.78, 5) is 26.6. The molecule has 8 nitrogen and oxygen atoms in total. The van der Waals surface area contributed by atoms with Gasteiger partial charge in [-0.2, -0.15) is 0 Å². The van der Waals surface area contributed by atoms with Gasteiger partial charge in [-0.15, -0.1) is 23.5 Å². The number of aryl methyl sites for hydroxylation is 3. The summed E-state index contributed by atoms with van der Waals surface area (Å²) < 4.78 is 4.06. The lowest BCUT2D eigenvalue weighted by molar-refractivity contribution is 0.914. The van der Waals surface area contributed by atoms with Crippen LogP contribution in [0.15, 0.2) is 89.4 Å². The molecule has 0 aliphatic carbocycles. The van der Waals surface area contributed by atoms with Crippen molar-refractivity contribution in [2.24, 2.45) is 14.1 Å². The van der Waals surface area contributed by atoms with Crippen LogP contribution in [0.3, 0.4) is 0 Å². The minimum Gasteiger partial charge on any atom is -0.334 e. The SMILES string of the molecule is CCSc1cnc(Cl)nc1-c1ncc(-c2ccc(C)cc2)n1C.CCSc1cnc(Cl)nc1Cl.Cc1ccc(-c2cncn2C)cc1. The van der Waals surface area contributed by atoms with Crippen molar-refractivity contribution in [2.45, 2.75) is 37.5 Å². The summed E-state index contributed by atoms with van der Waals surface area (Å²) >= 11 is 20.5. The quantitative estimate of drug-likeness (QED) is 0.0914. The highest BCUT2D eigenvalue weighted by molar-refractivity contribution is 7.99. The smallest absolute Gasteiger partial charge is 0.223 e. The molecule has 13 heteroatoms. The fraction of sp³-hybridized carbons (Fsp3) is 0.235. The first kappa shape index (κ1) is 36.4. The van der Waals surface area contributed by atoms with Gasteiger partial charge in [0.1, 0.15) is 10.8 Å². The molecule has 0 spiro atoms. The van der Waals surface area contributed by atoms with E-state index in [1.54, 1.807) is 35.9 Å². The van der Waals surface area contributed by atoms with Gasteiger partial charge in [-0.05, 0) is 59.7 Å². The van der Waals surface area contributed by atoms with E-state index >= 15 is 0 Å². The molecule has 4 heterocycles. The minimum atomic E-state index is 0.190. The molecule has 4 aromatic heterocycles. The molecular formula is C34H35Cl3N8S2. The summed E-state index contributed by atoms with van der Waals surface area (Å²) in [6, 6.07) is 16.9. The number of thioether (sulfide) groups is 2. The van der Waals surface area contributed by atoms with Crippen LogP contribution in [-0.4, -0.2) is 50.5 Å². The largest absolute Gasteiger partial charge is 0.334 e. The zero-order valence-corrected chi connectivity index (χ0v) is 30.8. The number of aromatic nitrogens is 8. The number of benzene rings is 2. The summed E-state index contributed by atoms with van der Waals surface area (Å²) in [6.45, 7) is 8.30. The number of hydrogen-bond acceptors (Lipinski definition) is 8. The van der Waals surface area contributed by atoms with Crippen molar-refractivity contribution in [2.75, 3.05) is 11.5 Å². The Hall–Kier alpha value is -3.41. The second-order valence-electron chi connectivity index (χ2n) is 10.2. The molecule has 0 fully saturated rings. The van der Waals surface area contributed by atoms with E-state index in [1.165, 1.54) is 16.7 Å². The fourth-order valence-electron chi connectivity index (χ4n) is 4.33.